The molecule has 0 saturated carbocycles. The van der Waals surface area contributed by atoms with Crippen LogP contribution < -0.4 is 5.73 Å². The van der Waals surface area contributed by atoms with Gasteiger partial charge in [-0.2, -0.15) is 0 Å². The van der Waals surface area contributed by atoms with Crippen molar-refractivity contribution >= 4 is 24.3 Å². The Morgan fingerprint density at radius 2 is 1.69 bits per heavy atom. The summed E-state index contributed by atoms with van der Waals surface area (Å²) in [6.07, 6.45) is 0.234. The van der Waals surface area contributed by atoms with Gasteiger partial charge in [0.15, 0.2) is 0 Å². The van der Waals surface area contributed by atoms with E-state index in [-0.39, 0.29) is 19.4 Å². The lowest BCUT2D eigenvalue weighted by atomic mass is 10.3. The van der Waals surface area contributed by atoms with Gasteiger partial charge in [0.05, 0.1) is 19.4 Å². The second-order valence-corrected chi connectivity index (χ2v) is 2.46. The molecule has 0 aromatic carbocycles. The third-order valence-corrected chi connectivity index (χ3v) is 1.42. The second kappa shape index (κ2) is 7.84. The maximum atomic E-state index is 10.4. The van der Waals surface area contributed by atoms with Gasteiger partial charge in [-0.15, -0.1) is 0 Å². The summed E-state index contributed by atoms with van der Waals surface area (Å²) in [5, 5.41) is 7.75. The van der Waals surface area contributed by atoms with E-state index < -0.39 is 11.9 Å². The van der Waals surface area contributed by atoms with Crippen LogP contribution in [0.2, 0.25) is 0 Å². The Kier molecular flexibility index (Phi) is 7.36. The van der Waals surface area contributed by atoms with Crippen LogP contribution in [0, 0.1) is 0 Å². The highest BCUT2D eigenvalue weighted by Crippen LogP contribution is 2.14. The van der Waals surface area contributed by atoms with E-state index >= 15 is 0 Å². The van der Waals surface area contributed by atoms with Gasteiger partial charge in [-0.05, 0) is 0 Å². The van der Waals surface area contributed by atoms with Crippen molar-refractivity contribution in [3.8, 4) is 0 Å². The predicted molar refractivity (Wildman–Crippen MR) is 45.1 cm³/mol. The van der Waals surface area contributed by atoms with Crippen molar-refractivity contribution in [3.63, 3.8) is 0 Å². The first kappa shape index (κ1) is 12.2. The van der Waals surface area contributed by atoms with E-state index in [2.05, 4.69) is 8.37 Å². The molecule has 0 atom stereocenters. The molecule has 1 aliphatic heterocycles. The molecular weight excluding hydrogens is 198 g/mol. The smallest absolute Gasteiger partial charge is 0.321 e. The normalized spacial score (nSPS) is 16.2. The zero-order chi connectivity index (χ0) is 10.1. The molecule has 1 rings (SSSR count). The number of aliphatic hydroxyl groups is 1. The number of carbonyl (C=O) groups excluding carboxylic acids is 2. The first-order valence-electron chi connectivity index (χ1n) is 3.58. The van der Waals surface area contributed by atoms with Crippen molar-refractivity contribution in [2.24, 2.45) is 5.73 Å². The maximum Gasteiger partial charge on any atom is 0.321 e. The molecule has 0 unspecified atom stereocenters. The van der Waals surface area contributed by atoms with Crippen LogP contribution in [0.25, 0.3) is 0 Å². The van der Waals surface area contributed by atoms with E-state index in [1.807, 2.05) is 0 Å². The lowest BCUT2D eigenvalue weighted by Gasteiger charge is -1.90. The molecule has 0 aliphatic carbocycles. The molecule has 0 spiro atoms. The van der Waals surface area contributed by atoms with Crippen molar-refractivity contribution in [2.45, 2.75) is 12.8 Å². The van der Waals surface area contributed by atoms with Gasteiger partial charge >= 0.3 is 11.9 Å². The molecule has 1 heterocycles. The van der Waals surface area contributed by atoms with E-state index in [1.165, 1.54) is 0 Å². The highest BCUT2D eigenvalue weighted by Gasteiger charge is 2.15. The first-order valence-corrected chi connectivity index (χ1v) is 4.25. The molecule has 0 aromatic rings. The monoisotopic (exact) mass is 209 g/mol. The van der Waals surface area contributed by atoms with Gasteiger partial charge in [0, 0.05) is 6.54 Å². The minimum Gasteiger partial charge on any atom is -0.395 e. The lowest BCUT2D eigenvalue weighted by molar-refractivity contribution is -0.135. The Bertz CT molecular complexity index is 156. The zero-order valence-corrected chi connectivity index (χ0v) is 7.71. The Labute approximate surface area is 79.8 Å². The number of rotatable bonds is 1. The zero-order valence-electron chi connectivity index (χ0n) is 6.89. The van der Waals surface area contributed by atoms with E-state index in [4.69, 9.17) is 10.8 Å². The molecule has 13 heavy (non-hydrogen) atoms. The Morgan fingerprint density at radius 3 is 2.00 bits per heavy atom. The van der Waals surface area contributed by atoms with Crippen LogP contribution in [0.15, 0.2) is 0 Å². The van der Waals surface area contributed by atoms with Gasteiger partial charge in [0.25, 0.3) is 12.3 Å². The number of carbonyl (C=O) groups is 2. The van der Waals surface area contributed by atoms with E-state index in [0.717, 1.165) is 0 Å². The summed E-state index contributed by atoms with van der Waals surface area (Å²) in [6.45, 7) is 0.472. The summed E-state index contributed by atoms with van der Waals surface area (Å²) < 4.78 is 8.62. The van der Waals surface area contributed by atoms with E-state index in [1.54, 1.807) is 0 Å². The molecule has 1 saturated heterocycles. The molecule has 0 aromatic heterocycles. The average molecular weight is 209 g/mol. The third kappa shape index (κ3) is 7.57. The summed E-state index contributed by atoms with van der Waals surface area (Å²) in [4.78, 5) is 20.7. The first-order chi connectivity index (χ1) is 6.20. The van der Waals surface area contributed by atoms with Crippen molar-refractivity contribution in [1.29, 1.82) is 0 Å². The van der Waals surface area contributed by atoms with Gasteiger partial charge in [0.2, 0.25) is 0 Å². The summed E-state index contributed by atoms with van der Waals surface area (Å²) in [6, 6.07) is 0. The van der Waals surface area contributed by atoms with Crippen LogP contribution in [0.4, 0.5) is 0 Å². The SMILES string of the molecule is NCCO.O=C1CCC(=O)OSO1. The number of hydrogen-bond acceptors (Lipinski definition) is 7. The standard InChI is InChI=1S/C4H4O4S.C2H7NO/c5-3-1-2-4(6)8-9-7-3;3-1-2-4/h1-2H2;4H,1-3H2. The molecule has 6 nitrogen and oxygen atoms in total. The van der Waals surface area contributed by atoms with Gasteiger partial charge in [0.1, 0.15) is 0 Å². The van der Waals surface area contributed by atoms with Gasteiger partial charge in [-0.1, -0.05) is 0 Å². The van der Waals surface area contributed by atoms with Crippen molar-refractivity contribution in [1.82, 2.24) is 0 Å². The largest absolute Gasteiger partial charge is 0.395 e. The highest BCUT2D eigenvalue weighted by atomic mass is 32.2. The summed E-state index contributed by atoms with van der Waals surface area (Å²) >= 11 is 0.433. The fraction of sp³-hybridized carbons (Fsp3) is 0.667. The van der Waals surface area contributed by atoms with Crippen molar-refractivity contribution in [3.05, 3.63) is 0 Å². The Hall–Kier alpha value is -0.790. The molecule has 76 valence electrons. The van der Waals surface area contributed by atoms with E-state index in [0.29, 0.717) is 18.9 Å². The van der Waals surface area contributed by atoms with Crippen molar-refractivity contribution < 1.29 is 23.1 Å². The minimum atomic E-state index is -0.411. The van der Waals surface area contributed by atoms with Crippen LogP contribution in [0.5, 0.6) is 0 Å². The Balaban J connectivity index is 0.000000310. The highest BCUT2D eigenvalue weighted by molar-refractivity contribution is 7.90. The minimum absolute atomic E-state index is 0.0972. The number of aliphatic hydroxyl groups excluding tert-OH is 1. The predicted octanol–water partition coefficient (Wildman–Crippen LogP) is -0.633. The fourth-order valence-corrected chi connectivity index (χ4v) is 0.733. The average Bonchev–Trinajstić information content (AvgIpc) is 2.32. The topological polar surface area (TPSA) is 98.9 Å². The molecule has 1 aliphatic rings. The molecule has 0 amide bonds. The van der Waals surface area contributed by atoms with Gasteiger partial charge in [-0.3, -0.25) is 9.59 Å². The Morgan fingerprint density at radius 1 is 1.31 bits per heavy atom. The van der Waals surface area contributed by atoms with Crippen LogP contribution in [0.1, 0.15) is 12.8 Å². The van der Waals surface area contributed by atoms with Crippen LogP contribution in [0.3, 0.4) is 0 Å². The fourth-order valence-electron chi connectivity index (χ4n) is 0.380. The summed E-state index contributed by atoms with van der Waals surface area (Å²) in [5.74, 6) is -0.822. The van der Waals surface area contributed by atoms with Gasteiger partial charge < -0.3 is 19.2 Å². The maximum absolute atomic E-state index is 10.4. The molecule has 1 fully saturated rings. The number of hydrogen-bond donors (Lipinski definition) is 2. The van der Waals surface area contributed by atoms with Crippen molar-refractivity contribution in [2.75, 3.05) is 13.2 Å². The molecule has 0 radical (unpaired) electrons. The molecule has 7 heteroatoms. The third-order valence-electron chi connectivity index (χ3n) is 0.916. The van der Waals surface area contributed by atoms with E-state index in [9.17, 15) is 9.59 Å². The number of nitrogens with two attached hydrogens (primary N) is 1. The lowest BCUT2D eigenvalue weighted by Crippen LogP contribution is -2.02. The van der Waals surface area contributed by atoms with Crippen LogP contribution in [-0.4, -0.2) is 30.2 Å². The van der Waals surface area contributed by atoms with Crippen LogP contribution in [-0.2, 0) is 18.0 Å². The molecule has 0 bridgehead atoms. The summed E-state index contributed by atoms with van der Waals surface area (Å²) in [7, 11) is 0. The molecule has 3 N–H and O–H groups in total. The van der Waals surface area contributed by atoms with Gasteiger partial charge in [-0.25, -0.2) is 0 Å². The molecular formula is C6H11NO5S. The summed E-state index contributed by atoms with van der Waals surface area (Å²) in [5.41, 5.74) is 4.78. The quantitative estimate of drug-likeness (QED) is 0.554. The van der Waals surface area contributed by atoms with Crippen LogP contribution >= 0.6 is 12.3 Å². The second-order valence-electron chi connectivity index (χ2n) is 1.99.